The number of benzene rings is 1. The van der Waals surface area contributed by atoms with Gasteiger partial charge in [-0.25, -0.2) is 4.98 Å². The van der Waals surface area contributed by atoms with Crippen LogP contribution < -0.4 is 21.5 Å². The Balaban J connectivity index is 1.21. The molecule has 1 amide bonds. The molecule has 0 radical (unpaired) electrons. The molecule has 2 atom stereocenters. The molecule has 1 aromatic carbocycles. The average molecular weight is 490 g/mol. The van der Waals surface area contributed by atoms with Gasteiger partial charge in [0.2, 0.25) is 5.91 Å². The van der Waals surface area contributed by atoms with Gasteiger partial charge in [-0.2, -0.15) is 0 Å². The highest BCUT2D eigenvalue weighted by Gasteiger charge is 2.32. The second-order valence-corrected chi connectivity index (χ2v) is 11.1. The minimum Gasteiger partial charge on any atom is -0.358 e. The lowest BCUT2D eigenvalue weighted by Crippen LogP contribution is -2.37. The Labute approximate surface area is 209 Å². The molecule has 0 spiro atoms. The second kappa shape index (κ2) is 9.59. The lowest BCUT2D eigenvalue weighted by molar-refractivity contribution is -0.124. The summed E-state index contributed by atoms with van der Waals surface area (Å²) in [5.41, 5.74) is 3.15. The van der Waals surface area contributed by atoms with Crippen LogP contribution in [-0.4, -0.2) is 15.5 Å². The number of amides is 1. The molecular formula is C27H31N5O2S. The fraction of sp³-hybridized carbons (Fsp3) is 0.444. The molecule has 1 saturated carbocycles. The van der Waals surface area contributed by atoms with E-state index in [4.69, 9.17) is 0 Å². The number of hydrogen-bond donors (Lipinski definition) is 3. The molecule has 8 heteroatoms. The molecule has 0 bridgehead atoms. The van der Waals surface area contributed by atoms with Crippen LogP contribution in [0.1, 0.15) is 70.8 Å². The summed E-state index contributed by atoms with van der Waals surface area (Å²) in [6, 6.07) is 12.1. The fourth-order valence-corrected chi connectivity index (χ4v) is 6.98. The van der Waals surface area contributed by atoms with Crippen LogP contribution in [0, 0.1) is 5.92 Å². The number of rotatable bonds is 7. The van der Waals surface area contributed by atoms with Crippen molar-refractivity contribution in [3.63, 3.8) is 0 Å². The lowest BCUT2D eigenvalue weighted by Gasteiger charge is -2.26. The summed E-state index contributed by atoms with van der Waals surface area (Å²) in [5, 5.41) is 9.91. The zero-order chi connectivity index (χ0) is 23.8. The van der Waals surface area contributed by atoms with Crippen molar-refractivity contribution in [3.8, 4) is 0 Å². The maximum atomic E-state index is 13.6. The van der Waals surface area contributed by atoms with Crippen LogP contribution in [0.15, 0.2) is 47.4 Å². The average Bonchev–Trinajstić information content (AvgIpc) is 3.67. The predicted octanol–water partition coefficient (Wildman–Crippen LogP) is 4.06. The summed E-state index contributed by atoms with van der Waals surface area (Å²) < 4.78 is 1.67. The summed E-state index contributed by atoms with van der Waals surface area (Å²) in [6.45, 7) is 2.32. The van der Waals surface area contributed by atoms with Crippen LogP contribution in [0.3, 0.4) is 0 Å². The van der Waals surface area contributed by atoms with E-state index in [2.05, 4.69) is 39.1 Å². The van der Waals surface area contributed by atoms with Crippen molar-refractivity contribution in [2.75, 3.05) is 5.32 Å². The van der Waals surface area contributed by atoms with Gasteiger partial charge in [-0.05, 0) is 48.8 Å². The molecule has 0 unspecified atom stereocenters. The SMILES string of the molecule is O=C(NCc1cc2c(s1)CNC2)[C@@H]1CCc2cnc(N[C@@H](c3ccccc3)C3CCCC3)c(=O)n21. The number of hydrogen-bond acceptors (Lipinski definition) is 6. The van der Waals surface area contributed by atoms with Crippen LogP contribution >= 0.6 is 11.3 Å². The van der Waals surface area contributed by atoms with E-state index in [0.29, 0.717) is 31.1 Å². The van der Waals surface area contributed by atoms with Gasteiger partial charge in [-0.3, -0.25) is 14.2 Å². The number of carbonyl (C=O) groups is 1. The third-order valence-corrected chi connectivity index (χ3v) is 8.85. The first-order valence-corrected chi connectivity index (χ1v) is 13.5. The van der Waals surface area contributed by atoms with Gasteiger partial charge >= 0.3 is 0 Å². The van der Waals surface area contributed by atoms with Crippen LogP contribution in [0.5, 0.6) is 0 Å². The Bertz CT molecular complexity index is 1260. The Morgan fingerprint density at radius 1 is 1.17 bits per heavy atom. The third kappa shape index (κ3) is 4.41. The quantitative estimate of drug-likeness (QED) is 0.466. The van der Waals surface area contributed by atoms with E-state index in [1.54, 1.807) is 22.1 Å². The molecule has 7 nitrogen and oxygen atoms in total. The summed E-state index contributed by atoms with van der Waals surface area (Å²) in [5.74, 6) is 0.722. The van der Waals surface area contributed by atoms with Gasteiger partial charge in [0.25, 0.3) is 5.56 Å². The number of fused-ring (bicyclic) bond motifs is 2. The first-order valence-electron chi connectivity index (χ1n) is 12.7. The normalized spacial score (nSPS) is 19.9. The number of nitrogens with zero attached hydrogens (tertiary/aromatic N) is 2. The van der Waals surface area contributed by atoms with Crippen LogP contribution in [0.25, 0.3) is 0 Å². The second-order valence-electron chi connectivity index (χ2n) is 9.89. The first-order chi connectivity index (χ1) is 17.2. The predicted molar refractivity (Wildman–Crippen MR) is 137 cm³/mol. The standard InChI is InChI=1S/C27H31N5O2S/c33-26(30-15-21-12-19-13-28-16-23(19)35-21)22-11-10-20-14-29-25(27(34)32(20)22)31-24(18-8-4-5-9-18)17-6-2-1-3-7-17/h1-3,6-7,12,14,18,22,24,28H,4-5,8-11,13,15-16H2,(H,29,31)(H,30,33)/t22-,24-/m0/s1. The Morgan fingerprint density at radius 3 is 2.80 bits per heavy atom. The molecule has 4 heterocycles. The summed E-state index contributed by atoms with van der Waals surface area (Å²) in [7, 11) is 0. The number of thiophene rings is 1. The van der Waals surface area contributed by atoms with E-state index in [1.165, 1.54) is 28.8 Å². The van der Waals surface area contributed by atoms with Gasteiger partial charge in [0, 0.05) is 34.7 Å². The van der Waals surface area contributed by atoms with Crippen molar-refractivity contribution < 1.29 is 4.79 Å². The van der Waals surface area contributed by atoms with Gasteiger partial charge < -0.3 is 16.0 Å². The molecule has 2 aromatic heterocycles. The van der Waals surface area contributed by atoms with Crippen molar-refractivity contribution in [3.05, 3.63) is 79.5 Å². The number of aryl methyl sites for hydroxylation is 1. The molecule has 6 rings (SSSR count). The van der Waals surface area contributed by atoms with E-state index in [9.17, 15) is 9.59 Å². The van der Waals surface area contributed by atoms with Crippen molar-refractivity contribution in [2.45, 2.75) is 70.2 Å². The van der Waals surface area contributed by atoms with E-state index < -0.39 is 6.04 Å². The maximum Gasteiger partial charge on any atom is 0.294 e. The minimum atomic E-state index is -0.490. The Kier molecular flexibility index (Phi) is 6.16. The van der Waals surface area contributed by atoms with Gasteiger partial charge in [-0.1, -0.05) is 43.2 Å². The largest absolute Gasteiger partial charge is 0.358 e. The van der Waals surface area contributed by atoms with Gasteiger partial charge in [0.15, 0.2) is 5.82 Å². The van der Waals surface area contributed by atoms with E-state index in [-0.39, 0.29) is 17.5 Å². The minimum absolute atomic E-state index is 0.0431. The van der Waals surface area contributed by atoms with Crippen molar-refractivity contribution in [1.82, 2.24) is 20.2 Å². The Hall–Kier alpha value is -2.97. The van der Waals surface area contributed by atoms with E-state index in [0.717, 1.165) is 36.5 Å². The zero-order valence-corrected chi connectivity index (χ0v) is 20.6. The molecule has 2 aliphatic heterocycles. The highest BCUT2D eigenvalue weighted by molar-refractivity contribution is 7.12. The molecule has 3 aromatic rings. The lowest BCUT2D eigenvalue weighted by atomic mass is 9.91. The fourth-order valence-electron chi connectivity index (χ4n) is 5.88. The van der Waals surface area contributed by atoms with Gasteiger partial charge in [0.05, 0.1) is 12.6 Å². The number of nitrogens with one attached hydrogen (secondary N) is 3. The van der Waals surface area contributed by atoms with Crippen LogP contribution in [0.4, 0.5) is 5.82 Å². The van der Waals surface area contributed by atoms with Crippen molar-refractivity contribution >= 4 is 23.1 Å². The summed E-state index contributed by atoms with van der Waals surface area (Å²) >= 11 is 1.75. The first kappa shape index (κ1) is 22.5. The highest BCUT2D eigenvalue weighted by Crippen LogP contribution is 2.37. The van der Waals surface area contributed by atoms with E-state index in [1.807, 2.05) is 18.2 Å². The smallest absolute Gasteiger partial charge is 0.294 e. The van der Waals surface area contributed by atoms with Crippen molar-refractivity contribution in [1.29, 1.82) is 0 Å². The van der Waals surface area contributed by atoms with Crippen LogP contribution in [0.2, 0.25) is 0 Å². The number of carbonyl (C=O) groups excluding carboxylic acids is 1. The van der Waals surface area contributed by atoms with E-state index >= 15 is 0 Å². The molecular weight excluding hydrogens is 458 g/mol. The molecule has 3 N–H and O–H groups in total. The van der Waals surface area contributed by atoms with Gasteiger partial charge in [-0.15, -0.1) is 11.3 Å². The maximum absolute atomic E-state index is 13.6. The monoisotopic (exact) mass is 489 g/mol. The zero-order valence-electron chi connectivity index (χ0n) is 19.8. The van der Waals surface area contributed by atoms with Gasteiger partial charge in [0.1, 0.15) is 6.04 Å². The molecule has 1 fully saturated rings. The van der Waals surface area contributed by atoms with Crippen molar-refractivity contribution in [2.24, 2.45) is 5.92 Å². The molecule has 182 valence electrons. The summed E-state index contributed by atoms with van der Waals surface area (Å²) in [6.07, 6.45) is 7.81. The third-order valence-electron chi connectivity index (χ3n) is 7.67. The highest BCUT2D eigenvalue weighted by atomic mass is 32.1. The molecule has 1 aliphatic carbocycles. The number of aromatic nitrogens is 2. The number of anilines is 1. The molecule has 0 saturated heterocycles. The summed E-state index contributed by atoms with van der Waals surface area (Å²) in [4.78, 5) is 33.8. The molecule has 35 heavy (non-hydrogen) atoms. The topological polar surface area (TPSA) is 88.1 Å². The Morgan fingerprint density at radius 2 is 2.00 bits per heavy atom. The van der Waals surface area contributed by atoms with Crippen LogP contribution in [-0.2, 0) is 30.8 Å². The molecule has 3 aliphatic rings.